The number of amides is 2. The van der Waals surface area contributed by atoms with Crippen molar-refractivity contribution >= 4 is 11.7 Å². The number of aliphatic hydroxyl groups excluding tert-OH is 1. The summed E-state index contributed by atoms with van der Waals surface area (Å²) in [6.07, 6.45) is 2.93. The lowest BCUT2D eigenvalue weighted by molar-refractivity contribution is -0.0343. The molecule has 1 aromatic rings. The standard InChI is InChI=1S/C16H22FN3O2/c17-12-3-5-13(6-4-12)18-16(22)19-7-1-2-8-20-14(10-19)9-15(20)11-21/h3-6,14-15,21H,1-2,7-11H2,(H,18,22)/t14-,15+/m1/s1. The quantitative estimate of drug-likeness (QED) is 0.877. The summed E-state index contributed by atoms with van der Waals surface area (Å²) in [6.45, 7) is 2.62. The number of halogens is 1. The lowest BCUT2D eigenvalue weighted by Gasteiger charge is -2.50. The Morgan fingerprint density at radius 3 is 2.73 bits per heavy atom. The van der Waals surface area contributed by atoms with Gasteiger partial charge < -0.3 is 15.3 Å². The van der Waals surface area contributed by atoms with E-state index >= 15 is 0 Å². The average Bonchev–Trinajstić information content (AvgIpc) is 2.48. The van der Waals surface area contributed by atoms with Crippen LogP contribution in [0.25, 0.3) is 0 Å². The maximum atomic E-state index is 12.9. The smallest absolute Gasteiger partial charge is 0.321 e. The predicted molar refractivity (Wildman–Crippen MR) is 82.2 cm³/mol. The van der Waals surface area contributed by atoms with Gasteiger partial charge in [0.05, 0.1) is 6.61 Å². The topological polar surface area (TPSA) is 55.8 Å². The molecule has 2 fully saturated rings. The number of nitrogens with one attached hydrogen (secondary N) is 1. The second-order valence-corrected chi connectivity index (χ2v) is 6.05. The normalized spacial score (nSPS) is 25.6. The van der Waals surface area contributed by atoms with E-state index in [4.69, 9.17) is 0 Å². The molecule has 2 atom stereocenters. The lowest BCUT2D eigenvalue weighted by Crippen LogP contribution is -2.63. The molecule has 6 heteroatoms. The number of carbonyl (C=O) groups is 1. The number of carbonyl (C=O) groups excluding carboxylic acids is 1. The Morgan fingerprint density at radius 2 is 2.00 bits per heavy atom. The van der Waals surface area contributed by atoms with Crippen molar-refractivity contribution in [2.24, 2.45) is 0 Å². The van der Waals surface area contributed by atoms with Crippen LogP contribution in [0.2, 0.25) is 0 Å². The van der Waals surface area contributed by atoms with Crippen molar-refractivity contribution in [3.63, 3.8) is 0 Å². The minimum Gasteiger partial charge on any atom is -0.395 e. The van der Waals surface area contributed by atoms with Gasteiger partial charge in [0.2, 0.25) is 0 Å². The van der Waals surface area contributed by atoms with Crippen LogP contribution in [0.3, 0.4) is 0 Å². The molecule has 0 saturated carbocycles. The molecule has 0 aliphatic carbocycles. The zero-order valence-electron chi connectivity index (χ0n) is 12.5. The van der Waals surface area contributed by atoms with Gasteiger partial charge in [0.15, 0.2) is 0 Å². The van der Waals surface area contributed by atoms with Crippen LogP contribution in [0.1, 0.15) is 19.3 Å². The molecule has 3 rings (SSSR count). The van der Waals surface area contributed by atoms with Crippen LogP contribution in [0, 0.1) is 5.82 Å². The summed E-state index contributed by atoms with van der Waals surface area (Å²) in [7, 11) is 0. The highest BCUT2D eigenvalue weighted by Gasteiger charge is 2.39. The fraction of sp³-hybridized carbons (Fsp3) is 0.562. The molecule has 0 radical (unpaired) electrons. The van der Waals surface area contributed by atoms with Gasteiger partial charge in [-0.3, -0.25) is 4.90 Å². The molecular formula is C16H22FN3O2. The monoisotopic (exact) mass is 307 g/mol. The summed E-state index contributed by atoms with van der Waals surface area (Å²) in [6, 6.07) is 6.26. The van der Waals surface area contributed by atoms with Gasteiger partial charge in [-0.2, -0.15) is 0 Å². The fourth-order valence-corrected chi connectivity index (χ4v) is 3.33. The summed E-state index contributed by atoms with van der Waals surface area (Å²) < 4.78 is 12.9. The Bertz CT molecular complexity index is 523. The van der Waals surface area contributed by atoms with Crippen molar-refractivity contribution in [1.82, 2.24) is 9.80 Å². The molecule has 2 saturated heterocycles. The van der Waals surface area contributed by atoms with E-state index in [1.165, 1.54) is 12.1 Å². The second-order valence-electron chi connectivity index (χ2n) is 6.05. The predicted octanol–water partition coefficient (Wildman–Crippen LogP) is 1.89. The number of hydrogen-bond acceptors (Lipinski definition) is 3. The molecular weight excluding hydrogens is 285 g/mol. The van der Waals surface area contributed by atoms with Gasteiger partial charge in [-0.25, -0.2) is 9.18 Å². The van der Waals surface area contributed by atoms with Crippen molar-refractivity contribution in [3.8, 4) is 0 Å². The Balaban J connectivity index is 1.60. The summed E-state index contributed by atoms with van der Waals surface area (Å²) in [5.41, 5.74) is 0.604. The number of hydrogen-bond donors (Lipinski definition) is 2. The summed E-state index contributed by atoms with van der Waals surface area (Å²) >= 11 is 0. The van der Waals surface area contributed by atoms with Crippen LogP contribution in [0.15, 0.2) is 24.3 Å². The van der Waals surface area contributed by atoms with Crippen LogP contribution in [0.5, 0.6) is 0 Å². The average molecular weight is 307 g/mol. The zero-order chi connectivity index (χ0) is 15.5. The van der Waals surface area contributed by atoms with Crippen molar-refractivity contribution in [1.29, 1.82) is 0 Å². The number of benzene rings is 1. The molecule has 1 aromatic carbocycles. The Hall–Kier alpha value is -1.66. The van der Waals surface area contributed by atoms with E-state index in [2.05, 4.69) is 10.2 Å². The van der Waals surface area contributed by atoms with E-state index in [0.29, 0.717) is 18.3 Å². The van der Waals surface area contributed by atoms with Gasteiger partial charge in [0.25, 0.3) is 0 Å². The first-order chi connectivity index (χ1) is 10.7. The number of nitrogens with zero attached hydrogens (tertiary/aromatic N) is 2. The highest BCUT2D eigenvalue weighted by Crippen LogP contribution is 2.28. The van der Waals surface area contributed by atoms with E-state index in [9.17, 15) is 14.3 Å². The summed E-state index contributed by atoms with van der Waals surface area (Å²) in [4.78, 5) is 16.5. The number of anilines is 1. The molecule has 2 aliphatic heterocycles. The third-order valence-electron chi connectivity index (χ3n) is 4.60. The van der Waals surface area contributed by atoms with Crippen LogP contribution in [0.4, 0.5) is 14.9 Å². The molecule has 22 heavy (non-hydrogen) atoms. The number of rotatable bonds is 2. The highest BCUT2D eigenvalue weighted by atomic mass is 19.1. The number of aliphatic hydroxyl groups is 1. The Kier molecular flexibility index (Phi) is 4.59. The first kappa shape index (κ1) is 15.2. The van der Waals surface area contributed by atoms with Gasteiger partial charge >= 0.3 is 6.03 Å². The van der Waals surface area contributed by atoms with Gasteiger partial charge in [-0.15, -0.1) is 0 Å². The summed E-state index contributed by atoms with van der Waals surface area (Å²) in [5.74, 6) is -0.315. The number of fused-ring (bicyclic) bond motifs is 1. The third kappa shape index (κ3) is 3.23. The second kappa shape index (κ2) is 6.62. The molecule has 5 nitrogen and oxygen atoms in total. The molecule has 0 aromatic heterocycles. The van der Waals surface area contributed by atoms with Gasteiger partial charge in [-0.05, 0) is 50.1 Å². The van der Waals surface area contributed by atoms with Crippen molar-refractivity contribution < 1.29 is 14.3 Å². The molecule has 0 bridgehead atoms. The minimum absolute atomic E-state index is 0.138. The third-order valence-corrected chi connectivity index (χ3v) is 4.60. The van der Waals surface area contributed by atoms with Crippen LogP contribution in [-0.4, -0.2) is 59.3 Å². The molecule has 2 heterocycles. The highest BCUT2D eigenvalue weighted by molar-refractivity contribution is 5.89. The van der Waals surface area contributed by atoms with Gasteiger partial charge in [0.1, 0.15) is 5.82 Å². The Morgan fingerprint density at radius 1 is 1.27 bits per heavy atom. The van der Waals surface area contributed by atoms with Crippen molar-refractivity contribution in [2.45, 2.75) is 31.3 Å². The first-order valence-corrected chi connectivity index (χ1v) is 7.85. The molecule has 0 spiro atoms. The van der Waals surface area contributed by atoms with Crippen molar-refractivity contribution in [2.75, 3.05) is 31.6 Å². The largest absolute Gasteiger partial charge is 0.395 e. The van der Waals surface area contributed by atoms with E-state index in [0.717, 1.165) is 32.4 Å². The fourth-order valence-electron chi connectivity index (χ4n) is 3.33. The molecule has 0 unspecified atom stereocenters. The Labute approximate surface area is 129 Å². The van der Waals surface area contributed by atoms with E-state index in [1.54, 1.807) is 12.1 Å². The van der Waals surface area contributed by atoms with Crippen molar-refractivity contribution in [3.05, 3.63) is 30.1 Å². The van der Waals surface area contributed by atoms with Gasteiger partial charge in [0, 0.05) is 30.9 Å². The maximum Gasteiger partial charge on any atom is 0.321 e. The van der Waals surface area contributed by atoms with Crippen LogP contribution in [-0.2, 0) is 0 Å². The van der Waals surface area contributed by atoms with E-state index < -0.39 is 0 Å². The zero-order valence-corrected chi connectivity index (χ0v) is 12.5. The van der Waals surface area contributed by atoms with Crippen LogP contribution < -0.4 is 5.32 Å². The van der Waals surface area contributed by atoms with E-state index in [-0.39, 0.29) is 24.5 Å². The minimum atomic E-state index is -0.315. The summed E-state index contributed by atoms with van der Waals surface area (Å²) in [5, 5.41) is 12.1. The molecule has 120 valence electrons. The SMILES string of the molecule is O=C(Nc1ccc(F)cc1)N1CCCCN2[C@H](CO)C[C@@H]2C1. The first-order valence-electron chi connectivity index (χ1n) is 7.85. The number of urea groups is 1. The van der Waals surface area contributed by atoms with Crippen LogP contribution >= 0.6 is 0 Å². The molecule has 2 amide bonds. The van der Waals surface area contributed by atoms with Gasteiger partial charge in [-0.1, -0.05) is 0 Å². The maximum absolute atomic E-state index is 12.9. The lowest BCUT2D eigenvalue weighted by atomic mass is 9.91. The van der Waals surface area contributed by atoms with E-state index in [1.807, 2.05) is 4.90 Å². The molecule has 2 aliphatic rings. The molecule has 2 N–H and O–H groups in total.